The Morgan fingerprint density at radius 1 is 1.08 bits per heavy atom. The number of anilines is 1. The second-order valence-electron chi connectivity index (χ2n) is 5.57. The topological polar surface area (TPSA) is 59.0 Å². The van der Waals surface area contributed by atoms with Crippen molar-refractivity contribution < 1.29 is 18.9 Å². The van der Waals surface area contributed by atoms with E-state index in [1.807, 2.05) is 31.1 Å². The molecule has 0 aliphatic rings. The van der Waals surface area contributed by atoms with Crippen LogP contribution in [0.4, 0.5) is 5.69 Å². The first-order valence-electron chi connectivity index (χ1n) is 7.76. The van der Waals surface area contributed by atoms with Crippen molar-refractivity contribution in [3.05, 3.63) is 54.1 Å². The average molecular weight is 349 g/mol. The molecule has 1 N–H and O–H groups in total. The molecular weight excluding hydrogens is 325 g/mol. The van der Waals surface area contributed by atoms with Crippen molar-refractivity contribution in [3.8, 4) is 5.75 Å². The number of rotatable bonds is 7. The second kappa shape index (κ2) is 7.84. The van der Waals surface area contributed by atoms with Gasteiger partial charge in [0.1, 0.15) is 5.75 Å². The molecule has 0 aliphatic carbocycles. The lowest BCUT2D eigenvalue weighted by Gasteiger charge is -2.24. The van der Waals surface area contributed by atoms with Gasteiger partial charge in [-0.15, -0.1) is 0 Å². The second-order valence-corrected chi connectivity index (χ2v) is 8.03. The Hall–Kier alpha value is -1.81. The Labute approximate surface area is 143 Å². The van der Waals surface area contributed by atoms with Gasteiger partial charge in [-0.25, -0.2) is 0 Å². The lowest BCUT2D eigenvalue weighted by Crippen LogP contribution is -2.16. The fourth-order valence-electron chi connectivity index (χ4n) is 2.41. The predicted octanol–water partition coefficient (Wildman–Crippen LogP) is 3.39. The van der Waals surface area contributed by atoms with Crippen LogP contribution in [0.5, 0.6) is 5.75 Å². The van der Waals surface area contributed by atoms with Crippen molar-refractivity contribution in [1.82, 2.24) is 0 Å². The maximum absolute atomic E-state index is 13.4. The zero-order valence-electron chi connectivity index (χ0n) is 14.5. The first-order valence-corrected chi connectivity index (χ1v) is 9.46. The minimum atomic E-state index is -3.46. The standard InChI is InChI=1S/C18H24NO4P/c1-5-23-24(21,17-12-8-15(9-13-17)19(2)3)18(20)14-6-10-16(22-4)11-7-14/h6-13,18,20H,5H2,1-4H3/t18-,24-/m0/s1. The summed E-state index contributed by atoms with van der Waals surface area (Å²) in [7, 11) is 1.98. The number of aliphatic hydroxyl groups excluding tert-OH is 1. The fourth-order valence-corrected chi connectivity index (χ4v) is 4.49. The molecule has 0 fully saturated rings. The molecule has 2 atom stereocenters. The smallest absolute Gasteiger partial charge is 0.264 e. The summed E-state index contributed by atoms with van der Waals surface area (Å²) in [6.07, 6.45) is 0. The van der Waals surface area contributed by atoms with E-state index in [4.69, 9.17) is 9.26 Å². The molecule has 2 aromatic carbocycles. The van der Waals surface area contributed by atoms with Gasteiger partial charge in [-0.2, -0.15) is 0 Å². The summed E-state index contributed by atoms with van der Waals surface area (Å²) < 4.78 is 24.1. The van der Waals surface area contributed by atoms with Gasteiger partial charge in [0.05, 0.1) is 13.7 Å². The van der Waals surface area contributed by atoms with E-state index in [1.165, 1.54) is 0 Å². The van der Waals surface area contributed by atoms with Gasteiger partial charge < -0.3 is 19.3 Å². The van der Waals surface area contributed by atoms with Gasteiger partial charge >= 0.3 is 0 Å². The van der Waals surface area contributed by atoms with E-state index < -0.39 is 13.2 Å². The van der Waals surface area contributed by atoms with Crippen LogP contribution in [0.3, 0.4) is 0 Å². The highest BCUT2D eigenvalue weighted by Gasteiger charge is 2.36. The number of hydrogen-bond donors (Lipinski definition) is 1. The van der Waals surface area contributed by atoms with Crippen LogP contribution >= 0.6 is 7.37 Å². The third-order valence-corrected chi connectivity index (χ3v) is 6.38. The summed E-state index contributed by atoms with van der Waals surface area (Å²) in [5, 5.41) is 11.2. The van der Waals surface area contributed by atoms with E-state index in [9.17, 15) is 9.67 Å². The summed E-state index contributed by atoms with van der Waals surface area (Å²) in [5.41, 5.74) is 1.52. The fraction of sp³-hybridized carbons (Fsp3) is 0.333. The zero-order chi connectivity index (χ0) is 17.7. The summed E-state index contributed by atoms with van der Waals surface area (Å²) in [6.45, 7) is 2.02. The zero-order valence-corrected chi connectivity index (χ0v) is 15.4. The highest BCUT2D eigenvalue weighted by molar-refractivity contribution is 7.67. The largest absolute Gasteiger partial charge is 0.497 e. The van der Waals surface area contributed by atoms with Crippen LogP contribution in [0.1, 0.15) is 18.3 Å². The normalized spacial score (nSPS) is 14.7. The number of methoxy groups -OCH3 is 1. The molecule has 2 aromatic rings. The van der Waals surface area contributed by atoms with Gasteiger partial charge in [0.2, 0.25) is 0 Å². The van der Waals surface area contributed by atoms with E-state index in [-0.39, 0.29) is 6.61 Å². The monoisotopic (exact) mass is 349 g/mol. The molecule has 0 spiro atoms. The SMILES string of the molecule is CCO[P@@](=O)(c1ccc(N(C)C)cc1)[C@H](O)c1ccc(OC)cc1. The Morgan fingerprint density at radius 3 is 2.12 bits per heavy atom. The molecule has 0 heterocycles. The Kier molecular flexibility index (Phi) is 6.05. The molecule has 0 aliphatic heterocycles. The molecule has 24 heavy (non-hydrogen) atoms. The van der Waals surface area contributed by atoms with Crippen LogP contribution in [-0.2, 0) is 9.09 Å². The molecule has 5 nitrogen and oxygen atoms in total. The van der Waals surface area contributed by atoms with E-state index in [1.54, 1.807) is 50.4 Å². The van der Waals surface area contributed by atoms with Gasteiger partial charge in [0.25, 0.3) is 7.37 Å². The van der Waals surface area contributed by atoms with Crippen molar-refractivity contribution in [3.63, 3.8) is 0 Å². The highest BCUT2D eigenvalue weighted by Crippen LogP contribution is 2.57. The molecule has 130 valence electrons. The number of ether oxygens (including phenoxy) is 1. The quantitative estimate of drug-likeness (QED) is 0.777. The van der Waals surface area contributed by atoms with E-state index in [0.717, 1.165) is 5.69 Å². The maximum Gasteiger partial charge on any atom is 0.264 e. The van der Waals surface area contributed by atoms with Gasteiger partial charge in [0, 0.05) is 25.1 Å². The van der Waals surface area contributed by atoms with Crippen molar-refractivity contribution in [2.45, 2.75) is 12.8 Å². The average Bonchev–Trinajstić information content (AvgIpc) is 2.61. The minimum absolute atomic E-state index is 0.250. The molecule has 0 aromatic heterocycles. The van der Waals surface area contributed by atoms with Gasteiger partial charge in [-0.05, 0) is 48.9 Å². The molecule has 0 radical (unpaired) electrons. The van der Waals surface area contributed by atoms with Crippen molar-refractivity contribution in [2.75, 3.05) is 32.7 Å². The van der Waals surface area contributed by atoms with E-state index >= 15 is 0 Å². The molecular formula is C18H24NO4P. The van der Waals surface area contributed by atoms with Crippen molar-refractivity contribution in [2.24, 2.45) is 0 Å². The molecule has 0 amide bonds. The van der Waals surface area contributed by atoms with Crippen molar-refractivity contribution in [1.29, 1.82) is 0 Å². The third-order valence-electron chi connectivity index (χ3n) is 3.78. The van der Waals surface area contributed by atoms with Crippen molar-refractivity contribution >= 4 is 18.4 Å². The van der Waals surface area contributed by atoms with Gasteiger partial charge in [-0.3, -0.25) is 4.57 Å². The number of nitrogens with zero attached hydrogens (tertiary/aromatic N) is 1. The van der Waals surface area contributed by atoms with E-state index in [2.05, 4.69) is 0 Å². The number of benzene rings is 2. The van der Waals surface area contributed by atoms with Crippen LogP contribution in [0.25, 0.3) is 0 Å². The van der Waals surface area contributed by atoms with Crippen LogP contribution in [0.2, 0.25) is 0 Å². The first kappa shape index (κ1) is 18.5. The number of hydrogen-bond acceptors (Lipinski definition) is 5. The van der Waals surface area contributed by atoms with Crippen LogP contribution in [0.15, 0.2) is 48.5 Å². The molecule has 6 heteroatoms. The molecule has 2 rings (SSSR count). The lowest BCUT2D eigenvalue weighted by atomic mass is 10.2. The summed E-state index contributed by atoms with van der Waals surface area (Å²) in [6, 6.07) is 14.1. The van der Waals surface area contributed by atoms with Crippen LogP contribution in [0, 0.1) is 0 Å². The first-order chi connectivity index (χ1) is 11.4. The summed E-state index contributed by atoms with van der Waals surface area (Å²) in [5.74, 6) is -0.555. The van der Waals surface area contributed by atoms with Gasteiger partial charge in [-0.1, -0.05) is 12.1 Å². The predicted molar refractivity (Wildman–Crippen MR) is 97.6 cm³/mol. The molecule has 0 saturated carbocycles. The summed E-state index contributed by atoms with van der Waals surface area (Å²) >= 11 is 0. The van der Waals surface area contributed by atoms with Crippen LogP contribution < -0.4 is 14.9 Å². The Balaban J connectivity index is 2.39. The highest BCUT2D eigenvalue weighted by atomic mass is 31.2. The minimum Gasteiger partial charge on any atom is -0.497 e. The summed E-state index contributed by atoms with van der Waals surface area (Å²) in [4.78, 5) is 1.95. The van der Waals surface area contributed by atoms with Gasteiger partial charge in [0.15, 0.2) is 5.85 Å². The lowest BCUT2D eigenvalue weighted by molar-refractivity contribution is 0.218. The molecule has 0 unspecified atom stereocenters. The maximum atomic E-state index is 13.4. The Bertz CT molecular complexity index is 698. The molecule has 0 saturated heterocycles. The van der Waals surface area contributed by atoms with E-state index in [0.29, 0.717) is 16.6 Å². The number of aliphatic hydroxyl groups is 1. The van der Waals surface area contributed by atoms with Crippen LogP contribution in [-0.4, -0.2) is 32.9 Å². The third kappa shape index (κ3) is 3.81. The molecule has 0 bridgehead atoms. The Morgan fingerprint density at radius 2 is 1.67 bits per heavy atom.